The third-order valence-electron chi connectivity index (χ3n) is 4.79. The molecule has 1 aliphatic rings. The fourth-order valence-electron chi connectivity index (χ4n) is 3.69. The van der Waals surface area contributed by atoms with Gasteiger partial charge in [0, 0.05) is 24.4 Å². The molecule has 0 radical (unpaired) electrons. The molecule has 4 nitrogen and oxygen atoms in total. The van der Waals surface area contributed by atoms with E-state index in [0.717, 1.165) is 29.4 Å². The Kier molecular flexibility index (Phi) is 6.50. The van der Waals surface area contributed by atoms with Gasteiger partial charge >= 0.3 is 5.97 Å². The molecule has 3 rings (SSSR count). The largest absolute Gasteiger partial charge is 0.465 e. The van der Waals surface area contributed by atoms with Crippen molar-refractivity contribution in [1.29, 1.82) is 0 Å². The smallest absolute Gasteiger partial charge is 0.340 e. The molecule has 0 aliphatic carbocycles. The number of likely N-dealkylation sites (tertiary alicyclic amines) is 1. The van der Waals surface area contributed by atoms with Crippen molar-refractivity contribution in [2.24, 2.45) is 11.8 Å². The first-order chi connectivity index (χ1) is 13.0. The maximum Gasteiger partial charge on any atom is 0.340 e. The van der Waals surface area contributed by atoms with Crippen molar-refractivity contribution in [1.82, 2.24) is 4.90 Å². The second-order valence-corrected chi connectivity index (χ2v) is 8.91. The van der Waals surface area contributed by atoms with E-state index in [1.54, 1.807) is 11.3 Å². The van der Waals surface area contributed by atoms with E-state index in [4.69, 9.17) is 17.0 Å². The fourth-order valence-corrected chi connectivity index (χ4v) is 5.08. The summed E-state index contributed by atoms with van der Waals surface area (Å²) < 4.78 is 4.97. The Balaban J connectivity index is 1.78. The molecular weight excluding hydrogens is 376 g/mol. The van der Waals surface area contributed by atoms with Gasteiger partial charge in [-0.05, 0) is 42.1 Å². The summed E-state index contributed by atoms with van der Waals surface area (Å²) >= 11 is 7.22. The molecule has 144 valence electrons. The Bertz CT molecular complexity index is 794. The predicted octanol–water partition coefficient (Wildman–Crippen LogP) is 4.80. The van der Waals surface area contributed by atoms with Crippen LogP contribution in [-0.4, -0.2) is 36.2 Å². The highest BCUT2D eigenvalue weighted by Crippen LogP contribution is 2.31. The zero-order valence-electron chi connectivity index (χ0n) is 16.0. The molecule has 1 aromatic heterocycles. The quantitative estimate of drug-likeness (QED) is 0.588. The van der Waals surface area contributed by atoms with Crippen LogP contribution in [0.1, 0.15) is 41.1 Å². The van der Waals surface area contributed by atoms with Crippen LogP contribution in [0.4, 0.5) is 5.00 Å². The number of nitrogens with one attached hydrogen (secondary N) is 1. The average molecular weight is 403 g/mol. The highest BCUT2D eigenvalue weighted by molar-refractivity contribution is 7.80. The lowest BCUT2D eigenvalue weighted by Gasteiger charge is -2.36. The monoisotopic (exact) mass is 402 g/mol. The van der Waals surface area contributed by atoms with Crippen molar-refractivity contribution in [3.05, 3.63) is 52.4 Å². The van der Waals surface area contributed by atoms with Crippen LogP contribution < -0.4 is 5.32 Å². The van der Waals surface area contributed by atoms with Gasteiger partial charge in [-0.15, -0.1) is 11.3 Å². The molecule has 1 aliphatic heterocycles. The van der Waals surface area contributed by atoms with Gasteiger partial charge in [0.15, 0.2) is 5.11 Å². The number of ether oxygens (including phenoxy) is 1. The molecule has 0 saturated carbocycles. The number of methoxy groups -OCH3 is 1. The predicted molar refractivity (Wildman–Crippen MR) is 116 cm³/mol. The van der Waals surface area contributed by atoms with Gasteiger partial charge in [0.1, 0.15) is 5.00 Å². The van der Waals surface area contributed by atoms with E-state index in [1.807, 2.05) is 24.3 Å². The summed E-state index contributed by atoms with van der Waals surface area (Å²) in [5.74, 6) is 0.896. The van der Waals surface area contributed by atoms with Gasteiger partial charge in [-0.2, -0.15) is 0 Å². The third-order valence-corrected chi connectivity index (χ3v) is 6.20. The molecule has 2 heterocycles. The van der Waals surface area contributed by atoms with Crippen LogP contribution in [0.2, 0.25) is 0 Å². The zero-order valence-corrected chi connectivity index (χ0v) is 17.7. The molecule has 1 N–H and O–H groups in total. The van der Waals surface area contributed by atoms with Crippen molar-refractivity contribution >= 4 is 39.6 Å². The van der Waals surface area contributed by atoms with E-state index < -0.39 is 0 Å². The van der Waals surface area contributed by atoms with E-state index in [9.17, 15) is 4.79 Å². The van der Waals surface area contributed by atoms with Gasteiger partial charge in [-0.1, -0.05) is 44.2 Å². The van der Waals surface area contributed by atoms with Gasteiger partial charge < -0.3 is 15.0 Å². The minimum atomic E-state index is -0.337. The lowest BCUT2D eigenvalue weighted by atomic mass is 9.92. The number of carbonyl (C=O) groups is 1. The molecular formula is C21H26N2O2S2. The number of rotatable bonds is 4. The summed E-state index contributed by atoms with van der Waals surface area (Å²) in [6.07, 6.45) is 2.01. The highest BCUT2D eigenvalue weighted by atomic mass is 32.1. The summed E-state index contributed by atoms with van der Waals surface area (Å²) in [6, 6.07) is 12.1. The van der Waals surface area contributed by atoms with Gasteiger partial charge in [0.25, 0.3) is 0 Å². The van der Waals surface area contributed by atoms with Crippen LogP contribution in [0, 0.1) is 11.8 Å². The first-order valence-corrected chi connectivity index (χ1v) is 10.5. The number of hydrogen-bond donors (Lipinski definition) is 1. The molecule has 6 heteroatoms. The molecule has 1 fully saturated rings. The van der Waals surface area contributed by atoms with E-state index in [-0.39, 0.29) is 5.97 Å². The SMILES string of the molecule is COC(=O)c1cc(Cc2ccccc2)sc1NC(=S)N1CC(C)CC(C)C1. The van der Waals surface area contributed by atoms with Crippen LogP contribution in [0.3, 0.4) is 0 Å². The number of benzene rings is 1. The molecule has 2 atom stereocenters. The number of hydrogen-bond acceptors (Lipinski definition) is 4. The second kappa shape index (κ2) is 8.85. The standard InChI is InChI=1S/C21H26N2O2S2/c1-14-9-15(2)13-23(12-14)21(26)22-19-18(20(24)25-3)11-17(27-19)10-16-7-5-4-6-8-16/h4-8,11,14-15H,9-10,12-13H2,1-3H3,(H,22,26). The second-order valence-electron chi connectivity index (χ2n) is 7.39. The fraction of sp³-hybridized carbons (Fsp3) is 0.429. The number of piperidine rings is 1. The van der Waals surface area contributed by atoms with Gasteiger partial charge in [0.2, 0.25) is 0 Å². The number of anilines is 1. The molecule has 27 heavy (non-hydrogen) atoms. The van der Waals surface area contributed by atoms with Crippen molar-refractivity contribution in [3.8, 4) is 0 Å². The van der Waals surface area contributed by atoms with Crippen LogP contribution in [0.15, 0.2) is 36.4 Å². The molecule has 0 amide bonds. The average Bonchev–Trinajstić information content (AvgIpc) is 3.03. The number of esters is 1. The molecule has 1 aromatic carbocycles. The first-order valence-electron chi connectivity index (χ1n) is 9.27. The van der Waals surface area contributed by atoms with Crippen LogP contribution in [0.5, 0.6) is 0 Å². The summed E-state index contributed by atoms with van der Waals surface area (Å²) in [5.41, 5.74) is 1.76. The molecule has 1 saturated heterocycles. The molecule has 2 unspecified atom stereocenters. The third kappa shape index (κ3) is 5.08. The van der Waals surface area contributed by atoms with Gasteiger partial charge in [-0.3, -0.25) is 0 Å². The van der Waals surface area contributed by atoms with E-state index in [2.05, 4.69) is 36.2 Å². The van der Waals surface area contributed by atoms with Crippen LogP contribution in [-0.2, 0) is 11.2 Å². The maximum atomic E-state index is 12.2. The Labute approximate surface area is 170 Å². The highest BCUT2D eigenvalue weighted by Gasteiger charge is 2.25. The summed E-state index contributed by atoms with van der Waals surface area (Å²) in [6.45, 7) is 6.42. The Morgan fingerprint density at radius 1 is 1.26 bits per heavy atom. The number of carbonyl (C=O) groups excluding carboxylic acids is 1. The van der Waals surface area contributed by atoms with E-state index in [0.29, 0.717) is 22.5 Å². The van der Waals surface area contributed by atoms with Crippen LogP contribution in [0.25, 0.3) is 0 Å². The van der Waals surface area contributed by atoms with Crippen LogP contribution >= 0.6 is 23.6 Å². The lowest BCUT2D eigenvalue weighted by Crippen LogP contribution is -2.44. The normalized spacial score (nSPS) is 19.6. The number of thiophene rings is 1. The number of thiocarbonyl (C=S) groups is 1. The summed E-state index contributed by atoms with van der Waals surface area (Å²) in [4.78, 5) is 15.6. The lowest BCUT2D eigenvalue weighted by molar-refractivity contribution is 0.0602. The zero-order chi connectivity index (χ0) is 19.4. The maximum absolute atomic E-state index is 12.2. The molecule has 0 spiro atoms. The Morgan fingerprint density at radius 3 is 2.56 bits per heavy atom. The van der Waals surface area contributed by atoms with Crippen molar-refractivity contribution < 1.29 is 9.53 Å². The van der Waals surface area contributed by atoms with Crippen molar-refractivity contribution in [2.45, 2.75) is 26.7 Å². The Hall–Kier alpha value is -1.92. The van der Waals surface area contributed by atoms with Crippen molar-refractivity contribution in [2.75, 3.05) is 25.5 Å². The van der Waals surface area contributed by atoms with E-state index in [1.165, 1.54) is 19.1 Å². The minimum absolute atomic E-state index is 0.337. The molecule has 0 bridgehead atoms. The summed E-state index contributed by atoms with van der Waals surface area (Å²) in [7, 11) is 1.41. The summed E-state index contributed by atoms with van der Waals surface area (Å²) in [5, 5.41) is 4.77. The van der Waals surface area contributed by atoms with E-state index >= 15 is 0 Å². The Morgan fingerprint density at radius 2 is 1.93 bits per heavy atom. The number of nitrogens with zero attached hydrogens (tertiary/aromatic N) is 1. The molecule has 2 aromatic rings. The minimum Gasteiger partial charge on any atom is -0.465 e. The first kappa shape index (κ1) is 19.8. The van der Waals surface area contributed by atoms with Gasteiger partial charge in [-0.25, -0.2) is 4.79 Å². The van der Waals surface area contributed by atoms with Crippen molar-refractivity contribution in [3.63, 3.8) is 0 Å². The topological polar surface area (TPSA) is 41.6 Å². The van der Waals surface area contributed by atoms with Gasteiger partial charge in [0.05, 0.1) is 12.7 Å².